The fraction of sp³-hybridized carbons (Fsp3) is 0.667. The largest absolute Gasteiger partial charge is 0.393 e. The molecule has 0 amide bonds. The van der Waals surface area contributed by atoms with Crippen molar-refractivity contribution in [2.75, 3.05) is 0 Å². The van der Waals surface area contributed by atoms with Gasteiger partial charge in [0.05, 0.1) is 6.10 Å². The Bertz CT molecular complexity index is 287. The van der Waals surface area contributed by atoms with E-state index in [0.717, 1.165) is 19.3 Å². The number of aliphatic hydroxyl groups excluding tert-OH is 1. The molecule has 1 heterocycles. The first-order valence-corrected chi connectivity index (χ1v) is 6.39. The molecule has 0 aliphatic heterocycles. The predicted molar refractivity (Wildman–Crippen MR) is 60.7 cm³/mol. The van der Waals surface area contributed by atoms with E-state index in [9.17, 15) is 5.11 Å². The predicted octanol–water partition coefficient (Wildman–Crippen LogP) is 3.40. The van der Waals surface area contributed by atoms with Gasteiger partial charge in [-0.1, -0.05) is 13.8 Å². The molecular formula is C12H18OS. The minimum absolute atomic E-state index is 0.0811. The minimum Gasteiger partial charge on any atom is -0.393 e. The SMILES string of the molecule is CCC1(CC)C(O)CC1c1ccsc1. The van der Waals surface area contributed by atoms with Crippen LogP contribution >= 0.6 is 11.3 Å². The van der Waals surface area contributed by atoms with E-state index in [1.165, 1.54) is 5.56 Å². The molecule has 1 N–H and O–H groups in total. The Morgan fingerprint density at radius 2 is 2.21 bits per heavy atom. The van der Waals surface area contributed by atoms with Crippen molar-refractivity contribution >= 4 is 11.3 Å². The summed E-state index contributed by atoms with van der Waals surface area (Å²) < 4.78 is 0. The first-order chi connectivity index (χ1) is 6.74. The van der Waals surface area contributed by atoms with Crippen LogP contribution in [0.25, 0.3) is 0 Å². The molecule has 1 saturated carbocycles. The lowest BCUT2D eigenvalue weighted by Crippen LogP contribution is -2.50. The third kappa shape index (κ3) is 1.24. The normalized spacial score (nSPS) is 29.9. The van der Waals surface area contributed by atoms with Crippen LogP contribution in [0, 0.1) is 5.41 Å². The highest BCUT2D eigenvalue weighted by atomic mass is 32.1. The van der Waals surface area contributed by atoms with Gasteiger partial charge in [-0.3, -0.25) is 0 Å². The van der Waals surface area contributed by atoms with Gasteiger partial charge in [0, 0.05) is 5.41 Å². The van der Waals surface area contributed by atoms with Crippen molar-refractivity contribution in [3.8, 4) is 0 Å². The van der Waals surface area contributed by atoms with Crippen LogP contribution in [0.5, 0.6) is 0 Å². The van der Waals surface area contributed by atoms with Crippen LogP contribution in [0.3, 0.4) is 0 Å². The van der Waals surface area contributed by atoms with E-state index in [1.54, 1.807) is 11.3 Å². The summed E-state index contributed by atoms with van der Waals surface area (Å²) in [7, 11) is 0. The zero-order chi connectivity index (χ0) is 10.2. The molecule has 2 rings (SSSR count). The Balaban J connectivity index is 2.23. The molecule has 1 aliphatic rings. The van der Waals surface area contributed by atoms with Gasteiger partial charge in [0.15, 0.2) is 0 Å². The molecule has 0 aromatic carbocycles. The molecule has 1 fully saturated rings. The molecule has 1 aliphatic carbocycles. The Morgan fingerprint density at radius 3 is 2.64 bits per heavy atom. The smallest absolute Gasteiger partial charge is 0.0608 e. The molecule has 0 saturated heterocycles. The van der Waals surface area contributed by atoms with E-state index in [1.807, 2.05) is 0 Å². The summed E-state index contributed by atoms with van der Waals surface area (Å²) in [6, 6.07) is 2.21. The van der Waals surface area contributed by atoms with Gasteiger partial charge in [-0.15, -0.1) is 0 Å². The molecule has 1 aromatic rings. The second-order valence-electron chi connectivity index (χ2n) is 4.30. The number of thiophene rings is 1. The van der Waals surface area contributed by atoms with Crippen LogP contribution in [-0.2, 0) is 0 Å². The Kier molecular flexibility index (Phi) is 2.67. The third-order valence-corrected chi connectivity index (χ3v) is 4.78. The molecule has 1 aromatic heterocycles. The van der Waals surface area contributed by atoms with Gasteiger partial charge >= 0.3 is 0 Å². The van der Waals surface area contributed by atoms with E-state index in [-0.39, 0.29) is 11.5 Å². The monoisotopic (exact) mass is 210 g/mol. The zero-order valence-corrected chi connectivity index (χ0v) is 9.68. The molecule has 1 nitrogen and oxygen atoms in total. The van der Waals surface area contributed by atoms with Crippen molar-refractivity contribution in [1.82, 2.24) is 0 Å². The first-order valence-electron chi connectivity index (χ1n) is 5.44. The average molecular weight is 210 g/mol. The maximum atomic E-state index is 9.93. The van der Waals surface area contributed by atoms with Gasteiger partial charge < -0.3 is 5.11 Å². The van der Waals surface area contributed by atoms with Gasteiger partial charge in [-0.05, 0) is 47.6 Å². The van der Waals surface area contributed by atoms with Gasteiger partial charge in [0.25, 0.3) is 0 Å². The van der Waals surface area contributed by atoms with E-state index in [2.05, 4.69) is 30.7 Å². The van der Waals surface area contributed by atoms with Crippen LogP contribution in [0.15, 0.2) is 16.8 Å². The summed E-state index contributed by atoms with van der Waals surface area (Å²) in [5.41, 5.74) is 1.60. The Labute approximate surface area is 89.8 Å². The second-order valence-corrected chi connectivity index (χ2v) is 5.08. The highest BCUT2D eigenvalue weighted by Crippen LogP contribution is 2.57. The molecule has 0 bridgehead atoms. The van der Waals surface area contributed by atoms with E-state index in [4.69, 9.17) is 0 Å². The number of hydrogen-bond acceptors (Lipinski definition) is 2. The van der Waals surface area contributed by atoms with Crippen molar-refractivity contribution < 1.29 is 5.11 Å². The fourth-order valence-corrected chi connectivity index (χ4v) is 3.63. The van der Waals surface area contributed by atoms with Crippen LogP contribution in [0.4, 0.5) is 0 Å². The molecule has 14 heavy (non-hydrogen) atoms. The summed E-state index contributed by atoms with van der Waals surface area (Å²) in [4.78, 5) is 0. The van der Waals surface area contributed by atoms with Crippen molar-refractivity contribution in [3.05, 3.63) is 22.4 Å². The Morgan fingerprint density at radius 1 is 1.50 bits per heavy atom. The summed E-state index contributed by atoms with van der Waals surface area (Å²) >= 11 is 1.76. The summed E-state index contributed by atoms with van der Waals surface area (Å²) in [5.74, 6) is 0.596. The molecule has 0 radical (unpaired) electrons. The standard InChI is InChI=1S/C12H18OS/c1-3-12(4-2)10(7-11(12)13)9-5-6-14-8-9/h5-6,8,10-11,13H,3-4,7H2,1-2H3. The quantitative estimate of drug-likeness (QED) is 0.810. The van der Waals surface area contributed by atoms with E-state index in [0.29, 0.717) is 5.92 Å². The van der Waals surface area contributed by atoms with Crippen molar-refractivity contribution in [1.29, 1.82) is 0 Å². The average Bonchev–Trinajstić information content (AvgIpc) is 2.69. The maximum absolute atomic E-state index is 9.93. The molecule has 2 unspecified atom stereocenters. The van der Waals surface area contributed by atoms with Crippen LogP contribution < -0.4 is 0 Å². The third-order valence-electron chi connectivity index (χ3n) is 4.08. The highest BCUT2D eigenvalue weighted by Gasteiger charge is 2.52. The second kappa shape index (κ2) is 3.67. The van der Waals surface area contributed by atoms with Gasteiger partial charge in [-0.2, -0.15) is 11.3 Å². The maximum Gasteiger partial charge on any atom is 0.0608 e. The fourth-order valence-electron chi connectivity index (χ4n) is 2.92. The Hall–Kier alpha value is -0.340. The molecule has 2 heteroatoms. The van der Waals surface area contributed by atoms with Crippen molar-refractivity contribution in [3.63, 3.8) is 0 Å². The van der Waals surface area contributed by atoms with Crippen LogP contribution in [-0.4, -0.2) is 11.2 Å². The molecular weight excluding hydrogens is 192 g/mol. The lowest BCUT2D eigenvalue weighted by Gasteiger charge is -2.53. The lowest BCUT2D eigenvalue weighted by molar-refractivity contribution is -0.0930. The minimum atomic E-state index is -0.0811. The summed E-state index contributed by atoms with van der Waals surface area (Å²) in [6.45, 7) is 4.40. The molecule has 0 spiro atoms. The van der Waals surface area contributed by atoms with Crippen LogP contribution in [0.2, 0.25) is 0 Å². The number of rotatable bonds is 3. The molecule has 78 valence electrons. The lowest BCUT2D eigenvalue weighted by atomic mass is 9.53. The first kappa shape index (κ1) is 10.2. The summed E-state index contributed by atoms with van der Waals surface area (Å²) in [6.07, 6.45) is 3.05. The van der Waals surface area contributed by atoms with Gasteiger partial charge in [-0.25, -0.2) is 0 Å². The van der Waals surface area contributed by atoms with E-state index >= 15 is 0 Å². The van der Waals surface area contributed by atoms with Gasteiger partial charge in [0.1, 0.15) is 0 Å². The topological polar surface area (TPSA) is 20.2 Å². The van der Waals surface area contributed by atoms with Gasteiger partial charge in [0.2, 0.25) is 0 Å². The van der Waals surface area contributed by atoms with Crippen LogP contribution in [0.1, 0.15) is 44.6 Å². The number of hydrogen-bond donors (Lipinski definition) is 1. The molecule has 2 atom stereocenters. The van der Waals surface area contributed by atoms with E-state index < -0.39 is 0 Å². The van der Waals surface area contributed by atoms with Crippen molar-refractivity contribution in [2.45, 2.75) is 45.1 Å². The van der Waals surface area contributed by atoms with Crippen molar-refractivity contribution in [2.24, 2.45) is 5.41 Å². The number of aliphatic hydroxyl groups is 1. The highest BCUT2D eigenvalue weighted by molar-refractivity contribution is 7.08. The summed E-state index contributed by atoms with van der Waals surface area (Å²) in [5, 5.41) is 14.3. The zero-order valence-electron chi connectivity index (χ0n) is 8.86.